The highest BCUT2D eigenvalue weighted by atomic mass is 32.2. The Bertz CT molecular complexity index is 785. The molecule has 14 N–H and O–H groups in total. The predicted molar refractivity (Wildman–Crippen MR) is 140 cm³/mol. The third-order valence-electron chi connectivity index (χ3n) is 4.80. The molecule has 0 aliphatic carbocycles. The predicted octanol–water partition coefficient (Wildman–Crippen LogP) is -3.27. The minimum Gasteiger partial charge on any atom is -0.480 e. The molecule has 0 fully saturated rings. The number of carbonyl (C=O) groups is 4. The van der Waals surface area contributed by atoms with Gasteiger partial charge in [-0.2, -0.15) is 11.8 Å². The molecule has 16 heteroatoms. The van der Waals surface area contributed by atoms with Gasteiger partial charge in [-0.3, -0.25) is 24.4 Å². The molecule has 0 rings (SSSR count). The van der Waals surface area contributed by atoms with Gasteiger partial charge in [0, 0.05) is 13.1 Å². The zero-order valence-corrected chi connectivity index (χ0v) is 21.6. The number of nitrogens with one attached hydrogen (secondary N) is 3. The van der Waals surface area contributed by atoms with Gasteiger partial charge < -0.3 is 49.7 Å². The van der Waals surface area contributed by atoms with Gasteiger partial charge >= 0.3 is 5.97 Å². The van der Waals surface area contributed by atoms with Gasteiger partial charge in [0.05, 0.1) is 6.04 Å². The number of aliphatic carboxylic acids is 1. The van der Waals surface area contributed by atoms with Crippen molar-refractivity contribution >= 4 is 47.4 Å². The Balaban J connectivity index is 5.50. The Hall–Kier alpha value is -3.27. The fourth-order valence-corrected chi connectivity index (χ4v) is 3.36. The molecular weight excluding hydrogens is 492 g/mol. The third-order valence-corrected chi connectivity index (χ3v) is 5.44. The Morgan fingerprint density at radius 1 is 0.778 bits per heavy atom. The molecule has 0 radical (unpaired) electrons. The first-order valence-electron chi connectivity index (χ1n) is 11.4. The minimum absolute atomic E-state index is 0.0628. The summed E-state index contributed by atoms with van der Waals surface area (Å²) in [5.74, 6) is -2.75. The average molecular weight is 533 g/mol. The maximum Gasteiger partial charge on any atom is 0.326 e. The van der Waals surface area contributed by atoms with Crippen LogP contribution in [0.25, 0.3) is 0 Å². The number of aliphatic imine (C=N–C) groups is 2. The summed E-state index contributed by atoms with van der Waals surface area (Å²) in [7, 11) is 0. The molecule has 3 amide bonds. The normalized spacial score (nSPS) is 13.9. The fraction of sp³-hybridized carbons (Fsp3) is 0.700. The lowest BCUT2D eigenvalue weighted by molar-refractivity contribution is -0.142. The van der Waals surface area contributed by atoms with Crippen molar-refractivity contribution in [1.82, 2.24) is 16.0 Å². The summed E-state index contributed by atoms with van der Waals surface area (Å²) in [6.45, 7) is 1.87. The van der Waals surface area contributed by atoms with Crippen LogP contribution in [0.5, 0.6) is 0 Å². The summed E-state index contributed by atoms with van der Waals surface area (Å²) >= 11 is 1.48. The molecule has 0 spiro atoms. The standard InChI is InChI=1S/C20H40N10O5S/c1-11(21)15(31)28-13(7-10-36-2)17(33)29-12(5-3-8-26-19(22)23)16(32)30-14(18(34)35)6-4-9-27-20(24)25/h11-14H,3-10,21H2,1-2H3,(H,28,31)(H,29,33)(H,30,32)(H,34,35)(H4,22,23,26)(H4,24,25,27). The topological polar surface area (TPSA) is 279 Å². The van der Waals surface area contributed by atoms with E-state index >= 15 is 0 Å². The second-order valence-electron chi connectivity index (χ2n) is 7.99. The number of carboxylic acids is 1. The summed E-state index contributed by atoms with van der Waals surface area (Å²) in [6.07, 6.45) is 2.95. The highest BCUT2D eigenvalue weighted by Crippen LogP contribution is 2.06. The van der Waals surface area contributed by atoms with Gasteiger partial charge in [-0.1, -0.05) is 0 Å². The monoisotopic (exact) mass is 532 g/mol. The molecule has 0 bridgehead atoms. The van der Waals surface area contributed by atoms with Crippen LogP contribution in [-0.2, 0) is 19.2 Å². The van der Waals surface area contributed by atoms with Crippen LogP contribution < -0.4 is 44.6 Å². The zero-order valence-electron chi connectivity index (χ0n) is 20.7. The van der Waals surface area contributed by atoms with Gasteiger partial charge in [-0.25, -0.2) is 4.79 Å². The number of thioether (sulfide) groups is 1. The number of amides is 3. The van der Waals surface area contributed by atoms with Crippen LogP contribution in [-0.4, -0.2) is 90.0 Å². The van der Waals surface area contributed by atoms with E-state index in [1.807, 2.05) is 6.26 Å². The van der Waals surface area contributed by atoms with E-state index in [4.69, 9.17) is 28.7 Å². The average Bonchev–Trinajstić information content (AvgIpc) is 2.79. The summed E-state index contributed by atoms with van der Waals surface area (Å²) in [5.41, 5.74) is 26.7. The van der Waals surface area contributed by atoms with Gasteiger partial charge in [0.25, 0.3) is 0 Å². The SMILES string of the molecule is CSCCC(NC(=O)C(C)N)C(=O)NC(CCCN=C(N)N)C(=O)NC(CCCN=C(N)N)C(=O)O. The Morgan fingerprint density at radius 3 is 1.61 bits per heavy atom. The van der Waals surface area contributed by atoms with Crippen molar-refractivity contribution in [1.29, 1.82) is 0 Å². The molecular formula is C20H40N10O5S. The number of hydrogen-bond acceptors (Lipinski definition) is 8. The van der Waals surface area contributed by atoms with Crippen LogP contribution in [0.3, 0.4) is 0 Å². The van der Waals surface area contributed by atoms with Crippen molar-refractivity contribution in [3.05, 3.63) is 0 Å². The van der Waals surface area contributed by atoms with Crippen LogP contribution in [0.15, 0.2) is 9.98 Å². The van der Waals surface area contributed by atoms with Crippen LogP contribution >= 0.6 is 11.8 Å². The number of guanidine groups is 2. The first-order chi connectivity index (χ1) is 16.9. The summed E-state index contributed by atoms with van der Waals surface area (Å²) in [4.78, 5) is 57.3. The van der Waals surface area contributed by atoms with E-state index in [-0.39, 0.29) is 37.9 Å². The zero-order chi connectivity index (χ0) is 27.7. The maximum atomic E-state index is 13.0. The van der Waals surface area contributed by atoms with Gasteiger partial charge in [0.2, 0.25) is 17.7 Å². The second kappa shape index (κ2) is 18.1. The number of carboxylic acid groups (broad SMARTS) is 1. The molecule has 4 unspecified atom stereocenters. The fourth-order valence-electron chi connectivity index (χ4n) is 2.89. The van der Waals surface area contributed by atoms with Gasteiger partial charge in [-0.15, -0.1) is 0 Å². The lowest BCUT2D eigenvalue weighted by Crippen LogP contribution is -2.57. The molecule has 0 aliphatic rings. The smallest absolute Gasteiger partial charge is 0.326 e. The molecule has 0 aromatic heterocycles. The second-order valence-corrected chi connectivity index (χ2v) is 8.98. The maximum absolute atomic E-state index is 13.0. The van der Waals surface area contributed by atoms with E-state index in [9.17, 15) is 24.3 Å². The van der Waals surface area contributed by atoms with Crippen molar-refractivity contribution in [2.24, 2.45) is 38.7 Å². The third kappa shape index (κ3) is 14.9. The van der Waals surface area contributed by atoms with Crippen LogP contribution in [0, 0.1) is 0 Å². The van der Waals surface area contributed by atoms with E-state index in [0.717, 1.165) is 0 Å². The van der Waals surface area contributed by atoms with E-state index in [2.05, 4.69) is 25.9 Å². The quantitative estimate of drug-likeness (QED) is 0.0479. The van der Waals surface area contributed by atoms with Crippen molar-refractivity contribution in [3.8, 4) is 0 Å². The number of rotatable bonds is 18. The van der Waals surface area contributed by atoms with E-state index in [1.165, 1.54) is 18.7 Å². The van der Waals surface area contributed by atoms with Crippen molar-refractivity contribution in [2.45, 2.75) is 63.2 Å². The lowest BCUT2D eigenvalue weighted by Gasteiger charge is -2.25. The first kappa shape index (κ1) is 32.7. The molecule has 0 aromatic carbocycles. The van der Waals surface area contributed by atoms with E-state index in [0.29, 0.717) is 25.0 Å². The summed E-state index contributed by atoms with van der Waals surface area (Å²) in [5, 5.41) is 17.1. The van der Waals surface area contributed by atoms with Gasteiger partial charge in [-0.05, 0) is 51.0 Å². The number of carbonyl (C=O) groups excluding carboxylic acids is 3. The first-order valence-corrected chi connectivity index (χ1v) is 12.8. The van der Waals surface area contributed by atoms with Crippen molar-refractivity contribution in [2.75, 3.05) is 25.1 Å². The van der Waals surface area contributed by atoms with Gasteiger partial charge in [0.15, 0.2) is 11.9 Å². The van der Waals surface area contributed by atoms with Crippen LogP contribution in [0.4, 0.5) is 0 Å². The Morgan fingerprint density at radius 2 is 1.19 bits per heavy atom. The molecule has 0 aliphatic heterocycles. The molecule has 206 valence electrons. The Kier molecular flexibility index (Phi) is 16.4. The molecule has 36 heavy (non-hydrogen) atoms. The molecule has 0 heterocycles. The van der Waals surface area contributed by atoms with Crippen LogP contribution in [0.1, 0.15) is 39.0 Å². The lowest BCUT2D eigenvalue weighted by atomic mass is 10.1. The van der Waals surface area contributed by atoms with Gasteiger partial charge in [0.1, 0.15) is 18.1 Å². The number of hydrogen-bond donors (Lipinski definition) is 9. The highest BCUT2D eigenvalue weighted by molar-refractivity contribution is 7.98. The van der Waals surface area contributed by atoms with Crippen molar-refractivity contribution in [3.63, 3.8) is 0 Å². The minimum atomic E-state index is -1.25. The molecule has 0 saturated heterocycles. The molecule has 0 aromatic rings. The van der Waals surface area contributed by atoms with Crippen LogP contribution in [0.2, 0.25) is 0 Å². The highest BCUT2D eigenvalue weighted by Gasteiger charge is 2.29. The molecule has 15 nitrogen and oxygen atoms in total. The largest absolute Gasteiger partial charge is 0.480 e. The molecule has 4 atom stereocenters. The number of nitrogens with two attached hydrogens (primary N) is 5. The summed E-state index contributed by atoms with van der Waals surface area (Å²) in [6, 6.07) is -4.09. The van der Waals surface area contributed by atoms with Crippen molar-refractivity contribution < 1.29 is 24.3 Å². The summed E-state index contributed by atoms with van der Waals surface area (Å²) < 4.78 is 0. The number of nitrogens with zero attached hydrogens (tertiary/aromatic N) is 2. The Labute approximate surface area is 214 Å². The van der Waals surface area contributed by atoms with E-state index in [1.54, 1.807) is 0 Å². The van der Waals surface area contributed by atoms with E-state index < -0.39 is 47.9 Å². The molecule has 0 saturated carbocycles.